The molecule has 1 aliphatic carbocycles. The first-order valence-corrected chi connectivity index (χ1v) is 7.98. The van der Waals surface area contributed by atoms with Gasteiger partial charge in [0.1, 0.15) is 0 Å². The highest BCUT2D eigenvalue weighted by molar-refractivity contribution is 5.55. The van der Waals surface area contributed by atoms with Crippen molar-refractivity contribution in [1.29, 1.82) is 0 Å². The van der Waals surface area contributed by atoms with Gasteiger partial charge in [-0.15, -0.1) is 0 Å². The molecule has 1 N–H and O–H groups in total. The van der Waals surface area contributed by atoms with Crippen molar-refractivity contribution in [3.05, 3.63) is 29.3 Å². The van der Waals surface area contributed by atoms with Gasteiger partial charge in [-0.1, -0.05) is 17.7 Å². The van der Waals surface area contributed by atoms with Crippen LogP contribution in [0.2, 0.25) is 0 Å². The number of nitrogens with zero attached hydrogens (tertiary/aromatic N) is 1. The molecule has 0 bridgehead atoms. The van der Waals surface area contributed by atoms with Gasteiger partial charge in [0, 0.05) is 30.9 Å². The summed E-state index contributed by atoms with van der Waals surface area (Å²) >= 11 is 0. The standard InChI is InChI=1S/C18H30N2/c1-6-20(13-15-8-9-15)17-10-7-14(2)11-16(17)12-19-18(3,4)5/h7,10-11,15,19H,6,8-9,12-13H2,1-5H3. The van der Waals surface area contributed by atoms with Gasteiger partial charge in [0.25, 0.3) is 0 Å². The Morgan fingerprint density at radius 2 is 1.95 bits per heavy atom. The minimum atomic E-state index is 0.161. The van der Waals surface area contributed by atoms with Gasteiger partial charge in [0.05, 0.1) is 0 Å². The number of aryl methyl sites for hydroxylation is 1. The lowest BCUT2D eigenvalue weighted by atomic mass is 10.0. The number of rotatable bonds is 6. The van der Waals surface area contributed by atoms with Crippen molar-refractivity contribution in [2.24, 2.45) is 5.92 Å². The summed E-state index contributed by atoms with van der Waals surface area (Å²) in [5.74, 6) is 0.930. The molecule has 112 valence electrons. The highest BCUT2D eigenvalue weighted by Crippen LogP contribution is 2.32. The molecular weight excluding hydrogens is 244 g/mol. The maximum absolute atomic E-state index is 3.63. The fraction of sp³-hybridized carbons (Fsp3) is 0.667. The molecule has 2 nitrogen and oxygen atoms in total. The Kier molecular flexibility index (Phi) is 4.74. The molecule has 1 aromatic carbocycles. The molecular formula is C18H30N2. The van der Waals surface area contributed by atoms with E-state index in [-0.39, 0.29) is 5.54 Å². The van der Waals surface area contributed by atoms with Crippen LogP contribution in [0.25, 0.3) is 0 Å². The molecule has 1 aliphatic rings. The lowest BCUT2D eigenvalue weighted by molar-refractivity contribution is 0.424. The molecule has 1 fully saturated rings. The summed E-state index contributed by atoms with van der Waals surface area (Å²) in [6, 6.07) is 6.88. The molecule has 0 atom stereocenters. The van der Waals surface area contributed by atoms with Crippen LogP contribution in [0.3, 0.4) is 0 Å². The van der Waals surface area contributed by atoms with E-state index in [1.54, 1.807) is 0 Å². The monoisotopic (exact) mass is 274 g/mol. The highest BCUT2D eigenvalue weighted by atomic mass is 15.1. The maximum Gasteiger partial charge on any atom is 0.0412 e. The van der Waals surface area contributed by atoms with Gasteiger partial charge < -0.3 is 10.2 Å². The number of anilines is 1. The minimum absolute atomic E-state index is 0.161. The van der Waals surface area contributed by atoms with E-state index in [1.165, 1.54) is 36.2 Å². The zero-order valence-corrected chi connectivity index (χ0v) is 13.8. The third-order valence-corrected chi connectivity index (χ3v) is 3.94. The first kappa shape index (κ1) is 15.4. The molecule has 0 spiro atoms. The van der Waals surface area contributed by atoms with E-state index in [2.05, 4.69) is 63.0 Å². The first-order valence-electron chi connectivity index (χ1n) is 7.98. The molecule has 0 saturated heterocycles. The number of benzene rings is 1. The van der Waals surface area contributed by atoms with Crippen molar-refractivity contribution >= 4 is 5.69 Å². The summed E-state index contributed by atoms with van der Waals surface area (Å²) in [5.41, 5.74) is 4.36. The number of hydrogen-bond donors (Lipinski definition) is 1. The highest BCUT2D eigenvalue weighted by Gasteiger charge is 2.24. The summed E-state index contributed by atoms with van der Waals surface area (Å²) in [5, 5.41) is 3.63. The van der Waals surface area contributed by atoms with Gasteiger partial charge in [0.15, 0.2) is 0 Å². The molecule has 0 aliphatic heterocycles. The Morgan fingerprint density at radius 1 is 1.25 bits per heavy atom. The van der Waals surface area contributed by atoms with Crippen LogP contribution in [-0.2, 0) is 6.54 Å². The lowest BCUT2D eigenvalue weighted by Crippen LogP contribution is -2.36. The van der Waals surface area contributed by atoms with Crippen molar-refractivity contribution in [3.8, 4) is 0 Å². The Bertz CT molecular complexity index is 441. The van der Waals surface area contributed by atoms with Crippen molar-refractivity contribution in [2.45, 2.75) is 59.5 Å². The topological polar surface area (TPSA) is 15.3 Å². The van der Waals surface area contributed by atoms with Crippen molar-refractivity contribution in [1.82, 2.24) is 5.32 Å². The van der Waals surface area contributed by atoms with Crippen molar-refractivity contribution in [3.63, 3.8) is 0 Å². The van der Waals surface area contributed by atoms with E-state index < -0.39 is 0 Å². The zero-order chi connectivity index (χ0) is 14.8. The van der Waals surface area contributed by atoms with Crippen LogP contribution in [0.1, 0.15) is 51.7 Å². The van der Waals surface area contributed by atoms with Crippen LogP contribution < -0.4 is 10.2 Å². The Balaban J connectivity index is 2.16. The Morgan fingerprint density at radius 3 is 2.50 bits per heavy atom. The largest absolute Gasteiger partial charge is 0.371 e. The second kappa shape index (κ2) is 6.17. The fourth-order valence-electron chi connectivity index (χ4n) is 2.53. The SMILES string of the molecule is CCN(CC1CC1)c1ccc(C)cc1CNC(C)(C)C. The molecule has 20 heavy (non-hydrogen) atoms. The van der Waals surface area contributed by atoms with Gasteiger partial charge in [0.2, 0.25) is 0 Å². The van der Waals surface area contributed by atoms with Crippen LogP contribution in [0.15, 0.2) is 18.2 Å². The van der Waals surface area contributed by atoms with Gasteiger partial charge in [-0.25, -0.2) is 0 Å². The van der Waals surface area contributed by atoms with Crippen LogP contribution in [0, 0.1) is 12.8 Å². The quantitative estimate of drug-likeness (QED) is 0.839. The summed E-state index contributed by atoms with van der Waals surface area (Å²) in [6.45, 7) is 14.4. The third-order valence-electron chi connectivity index (χ3n) is 3.94. The molecule has 1 saturated carbocycles. The predicted octanol–water partition coefficient (Wildman–Crippen LogP) is 4.12. The van der Waals surface area contributed by atoms with Gasteiger partial charge in [-0.3, -0.25) is 0 Å². The van der Waals surface area contributed by atoms with Crippen LogP contribution >= 0.6 is 0 Å². The smallest absolute Gasteiger partial charge is 0.0412 e. The Labute approximate surface area is 124 Å². The molecule has 2 rings (SSSR count). The summed E-state index contributed by atoms with van der Waals surface area (Å²) in [6.07, 6.45) is 2.83. The average molecular weight is 274 g/mol. The van der Waals surface area contributed by atoms with E-state index in [1.807, 2.05) is 0 Å². The molecule has 0 heterocycles. The van der Waals surface area contributed by atoms with E-state index in [0.717, 1.165) is 19.0 Å². The second-order valence-corrected chi connectivity index (χ2v) is 7.22. The second-order valence-electron chi connectivity index (χ2n) is 7.22. The van der Waals surface area contributed by atoms with Gasteiger partial charge in [-0.05, 0) is 65.0 Å². The lowest BCUT2D eigenvalue weighted by Gasteiger charge is -2.28. The summed E-state index contributed by atoms with van der Waals surface area (Å²) < 4.78 is 0. The molecule has 2 heteroatoms. The molecule has 0 amide bonds. The van der Waals surface area contributed by atoms with E-state index >= 15 is 0 Å². The fourth-order valence-corrected chi connectivity index (χ4v) is 2.53. The predicted molar refractivity (Wildman–Crippen MR) is 88.4 cm³/mol. The molecule has 0 aromatic heterocycles. The van der Waals surface area contributed by atoms with E-state index in [0.29, 0.717) is 0 Å². The average Bonchev–Trinajstić information content (AvgIpc) is 3.17. The Hall–Kier alpha value is -1.02. The maximum atomic E-state index is 3.63. The van der Waals surface area contributed by atoms with Gasteiger partial charge in [-0.2, -0.15) is 0 Å². The molecule has 1 aromatic rings. The van der Waals surface area contributed by atoms with Crippen LogP contribution in [0.4, 0.5) is 5.69 Å². The van der Waals surface area contributed by atoms with Crippen molar-refractivity contribution in [2.75, 3.05) is 18.0 Å². The first-order chi connectivity index (χ1) is 9.39. The number of nitrogens with one attached hydrogen (secondary N) is 1. The van der Waals surface area contributed by atoms with E-state index in [9.17, 15) is 0 Å². The zero-order valence-electron chi connectivity index (χ0n) is 13.8. The van der Waals surface area contributed by atoms with Gasteiger partial charge >= 0.3 is 0 Å². The van der Waals surface area contributed by atoms with Crippen LogP contribution in [-0.4, -0.2) is 18.6 Å². The number of hydrogen-bond acceptors (Lipinski definition) is 2. The van der Waals surface area contributed by atoms with Crippen molar-refractivity contribution < 1.29 is 0 Å². The molecule has 0 unspecified atom stereocenters. The minimum Gasteiger partial charge on any atom is -0.371 e. The molecule has 0 radical (unpaired) electrons. The van der Waals surface area contributed by atoms with E-state index in [4.69, 9.17) is 0 Å². The normalized spacial score (nSPS) is 15.4. The summed E-state index contributed by atoms with van der Waals surface area (Å²) in [7, 11) is 0. The summed E-state index contributed by atoms with van der Waals surface area (Å²) in [4.78, 5) is 2.55. The van der Waals surface area contributed by atoms with Crippen LogP contribution in [0.5, 0.6) is 0 Å². The third kappa shape index (κ3) is 4.52.